The van der Waals surface area contributed by atoms with Crippen LogP contribution in [0.2, 0.25) is 0 Å². The third kappa shape index (κ3) is 2.20. The van der Waals surface area contributed by atoms with Crippen molar-refractivity contribution in [3.8, 4) is 5.69 Å². The van der Waals surface area contributed by atoms with Crippen LogP contribution in [0.25, 0.3) is 5.69 Å². The van der Waals surface area contributed by atoms with Crippen LogP contribution in [0.5, 0.6) is 0 Å². The van der Waals surface area contributed by atoms with Gasteiger partial charge >= 0.3 is 0 Å². The van der Waals surface area contributed by atoms with Gasteiger partial charge in [0.2, 0.25) is 0 Å². The molecule has 0 saturated carbocycles. The van der Waals surface area contributed by atoms with Crippen molar-refractivity contribution in [1.82, 2.24) is 14.8 Å². The molecule has 0 atom stereocenters. The van der Waals surface area contributed by atoms with Gasteiger partial charge in [-0.25, -0.2) is 4.68 Å². The van der Waals surface area contributed by atoms with E-state index in [-0.39, 0.29) is 0 Å². The summed E-state index contributed by atoms with van der Waals surface area (Å²) in [4.78, 5) is 4.04. The van der Waals surface area contributed by atoms with Crippen molar-refractivity contribution in [3.63, 3.8) is 0 Å². The molecule has 90 valence electrons. The van der Waals surface area contributed by atoms with Crippen molar-refractivity contribution < 1.29 is 0 Å². The number of halogens is 1. The lowest BCUT2D eigenvalue weighted by atomic mass is 10.2. The van der Waals surface area contributed by atoms with Crippen LogP contribution in [0.1, 0.15) is 25.2 Å². The summed E-state index contributed by atoms with van der Waals surface area (Å²) >= 11 is 3.48. The zero-order valence-corrected chi connectivity index (χ0v) is 11.5. The summed E-state index contributed by atoms with van der Waals surface area (Å²) < 4.78 is 2.76. The molecule has 0 unspecified atom stereocenters. The Labute approximate surface area is 109 Å². The minimum absolute atomic E-state index is 0.625. The van der Waals surface area contributed by atoms with E-state index in [1.165, 1.54) is 0 Å². The number of nitrogen functional groups attached to an aromatic ring is 1. The number of aromatic nitrogens is 3. The van der Waals surface area contributed by atoms with E-state index < -0.39 is 0 Å². The fourth-order valence-electron chi connectivity index (χ4n) is 1.76. The Hall–Kier alpha value is -1.36. The van der Waals surface area contributed by atoms with Gasteiger partial charge in [0.1, 0.15) is 5.69 Å². The van der Waals surface area contributed by atoms with Crippen LogP contribution in [0.3, 0.4) is 0 Å². The van der Waals surface area contributed by atoms with Crippen LogP contribution >= 0.6 is 15.9 Å². The normalized spacial score (nSPS) is 10.8. The molecule has 17 heavy (non-hydrogen) atoms. The van der Waals surface area contributed by atoms with Gasteiger partial charge in [-0.1, -0.05) is 13.8 Å². The van der Waals surface area contributed by atoms with Crippen molar-refractivity contribution in [3.05, 3.63) is 34.3 Å². The quantitative estimate of drug-likeness (QED) is 0.947. The fraction of sp³-hybridized carbons (Fsp3) is 0.333. The fourth-order valence-corrected chi connectivity index (χ4v) is 2.27. The number of rotatable bonds is 3. The van der Waals surface area contributed by atoms with E-state index in [2.05, 4.69) is 45.9 Å². The molecular weight excluding hydrogens is 280 g/mol. The van der Waals surface area contributed by atoms with Crippen molar-refractivity contribution in [2.45, 2.75) is 26.7 Å². The third-order valence-corrected chi connectivity index (χ3v) is 3.25. The number of pyridine rings is 1. The van der Waals surface area contributed by atoms with Crippen molar-refractivity contribution >= 4 is 21.6 Å². The second kappa shape index (κ2) is 4.87. The van der Waals surface area contributed by atoms with Gasteiger partial charge in [-0.05, 0) is 34.8 Å². The highest BCUT2D eigenvalue weighted by Crippen LogP contribution is 2.27. The van der Waals surface area contributed by atoms with Gasteiger partial charge in [0, 0.05) is 11.9 Å². The first kappa shape index (κ1) is 12.1. The maximum atomic E-state index is 5.97. The molecule has 0 aromatic carbocycles. The molecule has 0 aliphatic carbocycles. The van der Waals surface area contributed by atoms with Crippen LogP contribution in [0.4, 0.5) is 5.69 Å². The zero-order chi connectivity index (χ0) is 12.4. The van der Waals surface area contributed by atoms with Crippen LogP contribution in [-0.2, 0) is 12.8 Å². The highest BCUT2D eigenvalue weighted by molar-refractivity contribution is 9.10. The predicted molar refractivity (Wildman–Crippen MR) is 72.2 cm³/mol. The molecule has 0 bridgehead atoms. The first-order valence-electron chi connectivity index (χ1n) is 5.64. The molecule has 0 fully saturated rings. The summed E-state index contributed by atoms with van der Waals surface area (Å²) in [5.41, 5.74) is 9.70. The molecule has 2 aromatic rings. The van der Waals surface area contributed by atoms with Gasteiger partial charge < -0.3 is 5.73 Å². The van der Waals surface area contributed by atoms with Crippen molar-refractivity contribution in [2.24, 2.45) is 0 Å². The number of nitrogens with zero attached hydrogens (tertiary/aromatic N) is 3. The largest absolute Gasteiger partial charge is 0.396 e. The topological polar surface area (TPSA) is 56.7 Å². The van der Waals surface area contributed by atoms with Crippen LogP contribution in [0, 0.1) is 0 Å². The molecule has 0 spiro atoms. The molecule has 0 aliphatic rings. The molecule has 0 saturated heterocycles. The van der Waals surface area contributed by atoms with Gasteiger partial charge in [-0.3, -0.25) is 4.98 Å². The Morgan fingerprint density at radius 1 is 1.29 bits per heavy atom. The van der Waals surface area contributed by atoms with Gasteiger partial charge in [0.05, 0.1) is 22.1 Å². The Bertz CT molecular complexity index is 513. The summed E-state index contributed by atoms with van der Waals surface area (Å²) in [5.74, 6) is 0. The maximum absolute atomic E-state index is 5.97. The van der Waals surface area contributed by atoms with E-state index >= 15 is 0 Å². The minimum atomic E-state index is 0.625. The van der Waals surface area contributed by atoms with Crippen LogP contribution in [0.15, 0.2) is 22.9 Å². The second-order valence-corrected chi connectivity index (χ2v) is 4.66. The van der Waals surface area contributed by atoms with E-state index in [0.717, 1.165) is 34.4 Å². The number of hydrogen-bond acceptors (Lipinski definition) is 3. The molecule has 2 rings (SSSR count). The van der Waals surface area contributed by atoms with Crippen molar-refractivity contribution in [1.29, 1.82) is 0 Å². The highest BCUT2D eigenvalue weighted by Gasteiger charge is 2.13. The summed E-state index contributed by atoms with van der Waals surface area (Å²) in [6.45, 7) is 4.20. The third-order valence-electron chi connectivity index (χ3n) is 2.67. The smallest absolute Gasteiger partial charge is 0.105 e. The average Bonchev–Trinajstić information content (AvgIpc) is 2.72. The molecule has 0 amide bonds. The maximum Gasteiger partial charge on any atom is 0.105 e. The molecular formula is C12H15BrN4. The Morgan fingerprint density at radius 2 is 2.06 bits per heavy atom. The lowest BCUT2D eigenvalue weighted by Crippen LogP contribution is -2.06. The predicted octanol–water partition coefficient (Wildman–Crippen LogP) is 2.74. The van der Waals surface area contributed by atoms with E-state index in [1.54, 1.807) is 12.4 Å². The van der Waals surface area contributed by atoms with Crippen LogP contribution < -0.4 is 5.73 Å². The molecule has 5 heteroatoms. The molecule has 0 radical (unpaired) electrons. The summed E-state index contributed by atoms with van der Waals surface area (Å²) in [6.07, 6.45) is 5.22. The summed E-state index contributed by atoms with van der Waals surface area (Å²) in [7, 11) is 0. The SMILES string of the molecule is CCc1cc(CC)n(-c2c(N)cncc2Br)n1. The Balaban J connectivity index is 2.63. The number of aryl methyl sites for hydroxylation is 2. The van der Waals surface area contributed by atoms with Gasteiger partial charge in [-0.2, -0.15) is 5.10 Å². The van der Waals surface area contributed by atoms with E-state index in [1.807, 2.05) is 4.68 Å². The monoisotopic (exact) mass is 294 g/mol. The molecule has 2 aromatic heterocycles. The van der Waals surface area contributed by atoms with E-state index in [4.69, 9.17) is 5.73 Å². The summed E-state index contributed by atoms with van der Waals surface area (Å²) in [6, 6.07) is 2.12. The van der Waals surface area contributed by atoms with E-state index in [9.17, 15) is 0 Å². The molecule has 2 N–H and O–H groups in total. The molecule has 0 aliphatic heterocycles. The standard InChI is InChI=1S/C12H15BrN4/c1-3-8-5-9(4-2)17(16-8)12-10(13)6-15-7-11(12)14/h5-7H,3-4,14H2,1-2H3. The number of hydrogen-bond donors (Lipinski definition) is 1. The first-order chi connectivity index (χ1) is 8.17. The lowest BCUT2D eigenvalue weighted by molar-refractivity contribution is 0.791. The average molecular weight is 295 g/mol. The van der Waals surface area contributed by atoms with Gasteiger partial charge in [-0.15, -0.1) is 0 Å². The minimum Gasteiger partial charge on any atom is -0.396 e. The second-order valence-electron chi connectivity index (χ2n) is 3.81. The molecule has 2 heterocycles. The Kier molecular flexibility index (Phi) is 3.47. The highest BCUT2D eigenvalue weighted by atomic mass is 79.9. The lowest BCUT2D eigenvalue weighted by Gasteiger charge is -2.10. The Morgan fingerprint density at radius 3 is 2.65 bits per heavy atom. The zero-order valence-electron chi connectivity index (χ0n) is 9.94. The first-order valence-corrected chi connectivity index (χ1v) is 6.43. The molecule has 4 nitrogen and oxygen atoms in total. The number of nitrogens with two attached hydrogens (primary N) is 1. The summed E-state index contributed by atoms with van der Waals surface area (Å²) in [5, 5.41) is 4.57. The number of anilines is 1. The van der Waals surface area contributed by atoms with Crippen molar-refractivity contribution in [2.75, 3.05) is 5.73 Å². The van der Waals surface area contributed by atoms with Crippen LogP contribution in [-0.4, -0.2) is 14.8 Å². The van der Waals surface area contributed by atoms with E-state index in [0.29, 0.717) is 5.69 Å². The van der Waals surface area contributed by atoms with Gasteiger partial charge in [0.15, 0.2) is 0 Å². The van der Waals surface area contributed by atoms with Gasteiger partial charge in [0.25, 0.3) is 0 Å².